The number of esters is 8. The molecular weight excluding hydrogens is 1520 g/mol. The lowest BCUT2D eigenvalue weighted by Crippen LogP contribution is -2.63. The van der Waals surface area contributed by atoms with E-state index in [4.69, 9.17) is 52.1 Å². The van der Waals surface area contributed by atoms with Crippen molar-refractivity contribution >= 4 is 47.8 Å². The zero-order chi connectivity index (χ0) is 81.5. The summed E-state index contributed by atoms with van der Waals surface area (Å²) in [6.45, 7) is -2.69. The molecular formula is C68H48O44. The molecule has 44 nitrogen and oxygen atoms in total. The smallest absolute Gasteiger partial charge is 0.344 e. The second-order valence-electron chi connectivity index (χ2n) is 24.6. The van der Waals surface area contributed by atoms with Crippen molar-refractivity contribution < 1.29 is 218 Å². The van der Waals surface area contributed by atoms with Gasteiger partial charge >= 0.3 is 47.8 Å². The Balaban J connectivity index is 0.871. The highest BCUT2D eigenvalue weighted by Crippen LogP contribution is 2.58. The molecule has 0 unspecified atom stereocenters. The maximum Gasteiger partial charge on any atom is 0.344 e. The minimum Gasteiger partial charge on any atom is -0.504 e. The lowest BCUT2D eigenvalue weighted by molar-refractivity contribution is -0.284. The highest BCUT2D eigenvalue weighted by molar-refractivity contribution is 6.12. The van der Waals surface area contributed by atoms with Crippen molar-refractivity contribution in [3.63, 3.8) is 0 Å². The molecule has 2 saturated heterocycles. The molecule has 0 aromatic heterocycles. The molecule has 584 valence electrons. The van der Waals surface area contributed by atoms with Crippen LogP contribution < -0.4 is 4.74 Å². The van der Waals surface area contributed by atoms with Gasteiger partial charge < -0.3 is 180 Å². The summed E-state index contributed by atoms with van der Waals surface area (Å²) in [7, 11) is 0. The highest BCUT2D eigenvalue weighted by Gasteiger charge is 2.57. The number of aromatic hydroxyl groups is 23. The third-order valence-electron chi connectivity index (χ3n) is 17.9. The van der Waals surface area contributed by atoms with E-state index in [0.29, 0.717) is 42.5 Å². The van der Waals surface area contributed by atoms with Gasteiger partial charge in [-0.1, -0.05) is 0 Å². The van der Waals surface area contributed by atoms with Crippen LogP contribution in [0.25, 0.3) is 33.4 Å². The van der Waals surface area contributed by atoms with Crippen LogP contribution in [0.4, 0.5) is 0 Å². The van der Waals surface area contributed by atoms with E-state index in [-0.39, 0.29) is 12.1 Å². The lowest BCUT2D eigenvalue weighted by atomic mass is 9.91. The number of phenols is 23. The van der Waals surface area contributed by atoms with E-state index in [9.17, 15) is 161 Å². The summed E-state index contributed by atoms with van der Waals surface area (Å²) in [5, 5.41) is 274. The van der Waals surface area contributed by atoms with Gasteiger partial charge in [0.1, 0.15) is 37.1 Å². The number of aliphatic hydroxyl groups is 2. The number of hydrogen-bond donors (Lipinski definition) is 25. The van der Waals surface area contributed by atoms with Crippen LogP contribution in [0.1, 0.15) is 82.9 Å². The van der Waals surface area contributed by atoms with E-state index in [1.165, 1.54) is 0 Å². The summed E-state index contributed by atoms with van der Waals surface area (Å²) in [6, 6.07) is 3.02. The van der Waals surface area contributed by atoms with Crippen molar-refractivity contribution in [2.75, 3.05) is 13.2 Å². The molecule has 13 rings (SSSR count). The number of aliphatic hydroxyl groups excluding tert-OH is 2. The topological polar surface area (TPSA) is 744 Å². The normalized spacial score (nSPS) is 21.3. The van der Waals surface area contributed by atoms with Crippen LogP contribution in [-0.2, 0) is 47.4 Å². The summed E-state index contributed by atoms with van der Waals surface area (Å²) >= 11 is 0. The standard InChI is InChI=1S/C68H48O44/c69-20-1-12(59(93)109-56-52(92)54-29(105-67(56)101)10-102-60(94)13-3-21(70)38(78)45(85)31(13)33-15(62(96)107-54)5-23(72)40(80)47(33)87)2-28(37(20)77)104-53-19(9-27(76)44(84)51(53)91)66(100)112-68-58-57(110-64(98)17-7-25(74)42(82)49(89)35(17)36-18(65(99)111-58)8-26(75)43(83)50(36)90)55-30(106-68)11-103-61(95)14-4-22(71)39(79)46(86)32(14)34-16(63(97)108-55)6-24(73)41(81)48(34)88/h1-9,29-30,52,54-58,67-92,101H,10-11H2/t29-,30-,52+,54-,55-,56-,57+,58-,67+,68-/m1/s1. The molecule has 0 radical (unpaired) electrons. The molecule has 8 aromatic rings. The fraction of sp³-hybridized carbons (Fsp3) is 0.176. The number of benzene rings is 8. The maximum atomic E-state index is 15.1. The molecule has 10 atom stereocenters. The molecule has 0 aliphatic carbocycles. The van der Waals surface area contributed by atoms with Crippen LogP contribution in [0.15, 0.2) is 54.6 Å². The fourth-order valence-electron chi connectivity index (χ4n) is 12.5. The summed E-state index contributed by atoms with van der Waals surface area (Å²) in [5.41, 5.74) is -16.6. The first-order valence-electron chi connectivity index (χ1n) is 31.2. The van der Waals surface area contributed by atoms with Gasteiger partial charge in [-0.15, -0.1) is 0 Å². The summed E-state index contributed by atoms with van der Waals surface area (Å²) in [6.07, 6.45) is -26.0. The Morgan fingerprint density at radius 2 is 0.643 bits per heavy atom. The van der Waals surface area contributed by atoms with Crippen LogP contribution in [0.5, 0.6) is 144 Å². The molecule has 0 spiro atoms. The number of carbonyl (C=O) groups is 8. The van der Waals surface area contributed by atoms with Gasteiger partial charge in [-0.05, 0) is 48.5 Å². The number of fused-ring (bicyclic) bond motifs is 13. The molecule has 44 heteroatoms. The van der Waals surface area contributed by atoms with Crippen LogP contribution in [0.3, 0.4) is 0 Å². The van der Waals surface area contributed by atoms with Crippen molar-refractivity contribution in [1.29, 1.82) is 0 Å². The lowest BCUT2D eigenvalue weighted by Gasteiger charge is -2.44. The van der Waals surface area contributed by atoms with Gasteiger partial charge in [0.2, 0.25) is 64.1 Å². The quantitative estimate of drug-likeness (QED) is 0.0640. The predicted octanol–water partition coefficient (Wildman–Crippen LogP) is 1.75. The Bertz CT molecular complexity index is 5510. The minimum atomic E-state index is -2.98. The monoisotopic (exact) mass is 1570 g/mol. The third-order valence-corrected chi connectivity index (χ3v) is 17.9. The third kappa shape index (κ3) is 12.0. The zero-order valence-electron chi connectivity index (χ0n) is 54.8. The number of rotatable bonds is 6. The van der Waals surface area contributed by atoms with Crippen LogP contribution >= 0.6 is 0 Å². The number of ether oxygens (including phenoxy) is 11. The van der Waals surface area contributed by atoms with Gasteiger partial charge in [0, 0.05) is 39.4 Å². The van der Waals surface area contributed by atoms with Crippen molar-refractivity contribution in [2.24, 2.45) is 0 Å². The molecule has 25 N–H and O–H groups in total. The Hall–Kier alpha value is -15.4. The predicted molar refractivity (Wildman–Crippen MR) is 344 cm³/mol. The largest absolute Gasteiger partial charge is 0.504 e. The van der Waals surface area contributed by atoms with E-state index in [1.54, 1.807) is 0 Å². The van der Waals surface area contributed by atoms with Gasteiger partial charge in [0.05, 0.1) is 38.9 Å². The SMILES string of the molecule is O=C(O[C@@H]1[C@@H](O)[C@@H]2OC(=O)c3cc(O)c(O)c(O)c3-c3c(cc(O)c(O)c3O)C(=O)OC[C@H]2O[C@@H]1O)c1cc(O)c(O)c(Oc2c(C(=O)O[C@H]3O[C@@H]4COC(=O)c5cc(O)c(O)c(O)c5-c5c(cc(O)c(O)c5O)C(=O)O[C@H]4[C@@H]4OC(=O)c5cc(O)c(O)c(O)c5-c5c(cc(O)c(O)c5O)C(=O)O[C@@H]34)cc(O)c(O)c2O)c1. The van der Waals surface area contributed by atoms with Crippen LogP contribution in [0.2, 0.25) is 0 Å². The molecule has 112 heavy (non-hydrogen) atoms. The molecule has 0 amide bonds. The van der Waals surface area contributed by atoms with E-state index >= 15 is 4.79 Å². The molecule has 0 saturated carbocycles. The van der Waals surface area contributed by atoms with Crippen molar-refractivity contribution in [1.82, 2.24) is 0 Å². The first-order valence-corrected chi connectivity index (χ1v) is 31.2. The van der Waals surface area contributed by atoms with Crippen LogP contribution in [-0.4, -0.2) is 250 Å². The average molecular weight is 1570 g/mol. The Kier molecular flexibility index (Phi) is 18.1. The highest BCUT2D eigenvalue weighted by atomic mass is 16.8. The van der Waals surface area contributed by atoms with Gasteiger partial charge in [-0.2, -0.15) is 0 Å². The Morgan fingerprint density at radius 3 is 1.04 bits per heavy atom. The van der Waals surface area contributed by atoms with Crippen molar-refractivity contribution in [3.05, 3.63) is 99.1 Å². The number of carbonyl (C=O) groups excluding carboxylic acids is 8. The Morgan fingerprint density at radius 1 is 0.321 bits per heavy atom. The van der Waals surface area contributed by atoms with Crippen molar-refractivity contribution in [3.8, 4) is 177 Å². The van der Waals surface area contributed by atoms with Crippen molar-refractivity contribution in [2.45, 2.75) is 61.4 Å². The zero-order valence-corrected chi connectivity index (χ0v) is 54.8. The molecule has 0 bridgehead atoms. The second-order valence-corrected chi connectivity index (χ2v) is 24.6. The maximum absolute atomic E-state index is 15.1. The molecule has 5 aliphatic rings. The van der Waals surface area contributed by atoms with Gasteiger partial charge in [0.25, 0.3) is 0 Å². The number of phenolic OH excluding ortho intramolecular Hbond substituents is 23. The fourth-order valence-corrected chi connectivity index (χ4v) is 12.5. The van der Waals surface area contributed by atoms with E-state index in [2.05, 4.69) is 0 Å². The second kappa shape index (κ2) is 27.1. The minimum absolute atomic E-state index is 0.181. The van der Waals surface area contributed by atoms with Gasteiger partial charge in [-0.25, -0.2) is 38.4 Å². The molecule has 2 fully saturated rings. The number of hydrogen-bond acceptors (Lipinski definition) is 44. The van der Waals surface area contributed by atoms with E-state index in [1.807, 2.05) is 0 Å². The van der Waals surface area contributed by atoms with Gasteiger partial charge in [-0.3, -0.25) is 0 Å². The van der Waals surface area contributed by atoms with Crippen LogP contribution in [0, 0.1) is 0 Å². The Labute approximate surface area is 614 Å². The summed E-state index contributed by atoms with van der Waals surface area (Å²) < 4.78 is 61.3. The van der Waals surface area contributed by atoms with E-state index in [0.717, 1.165) is 0 Å². The first-order chi connectivity index (χ1) is 52.7. The number of cyclic esters (lactones) is 2. The average Bonchev–Trinajstić information content (AvgIpc) is 0.937. The first kappa shape index (κ1) is 74.8. The molecule has 5 aliphatic heterocycles. The molecule has 5 heterocycles. The molecule has 8 aromatic carbocycles. The van der Waals surface area contributed by atoms with Gasteiger partial charge in [0.15, 0.2) is 123 Å². The summed E-state index contributed by atoms with van der Waals surface area (Å²) in [4.78, 5) is 116. The summed E-state index contributed by atoms with van der Waals surface area (Å²) in [5.74, 6) is -52.0. The van der Waals surface area contributed by atoms with E-state index < -0.39 is 344 Å².